The Kier molecular flexibility index (Phi) is 4.78. The van der Waals surface area contributed by atoms with Gasteiger partial charge in [0.15, 0.2) is 0 Å². The summed E-state index contributed by atoms with van der Waals surface area (Å²) >= 11 is 0. The molecule has 28 heavy (non-hydrogen) atoms. The predicted octanol–water partition coefficient (Wildman–Crippen LogP) is 0.732. The summed E-state index contributed by atoms with van der Waals surface area (Å²) in [6.45, 7) is 0. The molecule has 2 N–H and O–H groups in total. The number of fused-ring (bicyclic) bond motifs is 2. The average Bonchev–Trinajstić information content (AvgIpc) is 2.64. The van der Waals surface area contributed by atoms with Crippen LogP contribution in [0.1, 0.15) is 0 Å². The molecule has 4 aromatic rings. The zero-order valence-electron chi connectivity index (χ0n) is 14.7. The number of halogens is 2. The van der Waals surface area contributed by atoms with Gasteiger partial charge in [-0.1, -0.05) is 12.1 Å². The van der Waals surface area contributed by atoms with Crippen LogP contribution in [0, 0.1) is 11.6 Å². The van der Waals surface area contributed by atoms with Crippen molar-refractivity contribution in [2.45, 2.75) is 0 Å². The summed E-state index contributed by atoms with van der Waals surface area (Å²) < 4.78 is 28.4. The van der Waals surface area contributed by atoms with Crippen LogP contribution in [0.25, 0.3) is 21.5 Å². The van der Waals surface area contributed by atoms with E-state index in [1.165, 1.54) is 38.4 Å². The van der Waals surface area contributed by atoms with E-state index in [2.05, 4.69) is 10.2 Å². The van der Waals surface area contributed by atoms with E-state index in [-0.39, 0.29) is 21.5 Å². The van der Waals surface area contributed by atoms with Gasteiger partial charge in [-0.05, 0) is 24.3 Å². The third-order valence-corrected chi connectivity index (χ3v) is 4.09. The van der Waals surface area contributed by atoms with E-state index in [0.29, 0.717) is 0 Å². The van der Waals surface area contributed by atoms with E-state index in [0.717, 1.165) is 21.5 Å². The van der Waals surface area contributed by atoms with Crippen molar-refractivity contribution in [1.29, 1.82) is 0 Å². The van der Waals surface area contributed by atoms with Crippen molar-refractivity contribution in [3.63, 3.8) is 0 Å². The van der Waals surface area contributed by atoms with Gasteiger partial charge in [0.2, 0.25) is 0 Å². The number of H-pyrrole nitrogens is 2. The minimum Gasteiger partial charge on any atom is -0.267 e. The Morgan fingerprint density at radius 1 is 0.679 bits per heavy atom. The van der Waals surface area contributed by atoms with Crippen LogP contribution in [-0.4, -0.2) is 19.6 Å². The molecule has 144 valence electrons. The van der Waals surface area contributed by atoms with E-state index in [4.69, 9.17) is 0 Å². The minimum atomic E-state index is -0.679. The highest BCUT2D eigenvalue weighted by molar-refractivity contribution is 5.81. The third-order valence-electron chi connectivity index (χ3n) is 4.09. The molecule has 0 aliphatic rings. The number of aromatic amines is 2. The Bertz CT molecular complexity index is 1450. The molecule has 0 unspecified atom stereocenters. The molecule has 0 saturated carbocycles. The van der Waals surface area contributed by atoms with Crippen molar-refractivity contribution in [3.8, 4) is 0 Å². The first kappa shape index (κ1) is 19.0. The van der Waals surface area contributed by atoms with Gasteiger partial charge in [0, 0.05) is 14.1 Å². The van der Waals surface area contributed by atoms with Gasteiger partial charge in [-0.3, -0.25) is 38.7 Å². The molecule has 0 spiro atoms. The molecule has 0 radical (unpaired) electrons. The molecule has 0 amide bonds. The molecule has 0 bridgehead atoms. The number of hydrogen-bond donors (Lipinski definition) is 2. The molecular weight excluding hydrogens is 374 g/mol. The second-order valence-corrected chi connectivity index (χ2v) is 5.93. The van der Waals surface area contributed by atoms with Crippen molar-refractivity contribution in [2.75, 3.05) is 0 Å². The first-order valence-corrected chi connectivity index (χ1v) is 7.97. The van der Waals surface area contributed by atoms with E-state index in [1.807, 2.05) is 0 Å². The van der Waals surface area contributed by atoms with Crippen molar-refractivity contribution in [1.82, 2.24) is 19.6 Å². The lowest BCUT2D eigenvalue weighted by atomic mass is 10.2. The summed E-state index contributed by atoms with van der Waals surface area (Å²) in [6, 6.07) is 7.94. The smallest absolute Gasteiger partial charge is 0.267 e. The minimum absolute atomic E-state index is 0.0769. The molecule has 0 atom stereocenters. The van der Waals surface area contributed by atoms with Crippen LogP contribution in [-0.2, 0) is 14.1 Å². The van der Waals surface area contributed by atoms with Crippen molar-refractivity contribution >= 4 is 21.5 Å². The highest BCUT2D eigenvalue weighted by Gasteiger charge is 2.09. The average molecular weight is 388 g/mol. The number of nitrogens with zero attached hydrogens (tertiary/aromatic N) is 2. The van der Waals surface area contributed by atoms with Crippen LogP contribution < -0.4 is 22.2 Å². The van der Waals surface area contributed by atoms with Crippen LogP contribution >= 0.6 is 0 Å². The summed E-state index contributed by atoms with van der Waals surface area (Å²) in [6.07, 6.45) is 0. The van der Waals surface area contributed by atoms with Gasteiger partial charge in [-0.25, -0.2) is 8.78 Å². The molecular formula is C18H14F2N4O4. The van der Waals surface area contributed by atoms with E-state index in [9.17, 15) is 28.0 Å². The molecule has 2 aromatic carbocycles. The largest absolute Gasteiger partial charge is 0.275 e. The van der Waals surface area contributed by atoms with Gasteiger partial charge < -0.3 is 0 Å². The SMILES string of the molecule is Cn1[nH]c(=O)c2c(F)cccc2c1=O.Cn1[nH]c(=O)c2cccc(F)c2c1=O. The molecule has 0 saturated heterocycles. The number of aryl methyl sites for hydroxylation is 2. The molecule has 8 nitrogen and oxygen atoms in total. The lowest BCUT2D eigenvalue weighted by molar-refractivity contribution is 0.631. The quantitative estimate of drug-likeness (QED) is 0.463. The molecule has 0 fully saturated rings. The highest BCUT2D eigenvalue weighted by Crippen LogP contribution is 2.09. The van der Waals surface area contributed by atoms with Crippen LogP contribution in [0.15, 0.2) is 55.6 Å². The summed E-state index contributed by atoms with van der Waals surface area (Å²) in [7, 11) is 2.78. The Morgan fingerprint density at radius 2 is 1.18 bits per heavy atom. The predicted molar refractivity (Wildman–Crippen MR) is 99.5 cm³/mol. The van der Waals surface area contributed by atoms with Gasteiger partial charge in [-0.2, -0.15) is 0 Å². The topological polar surface area (TPSA) is 110 Å². The standard InChI is InChI=1S/2C9H7FN2O2/c1-12-9(14)5-3-2-4-6(10)7(5)8(13)11-12;1-12-9(14)7-5(8(13)11-12)3-2-4-6(7)10/h2*2-4H,1H3,(H,11,13). The third kappa shape index (κ3) is 3.15. The van der Waals surface area contributed by atoms with E-state index in [1.54, 1.807) is 0 Å². The van der Waals surface area contributed by atoms with Gasteiger partial charge in [0.1, 0.15) is 11.6 Å². The van der Waals surface area contributed by atoms with Crippen molar-refractivity contribution < 1.29 is 8.78 Å². The van der Waals surface area contributed by atoms with Crippen molar-refractivity contribution in [3.05, 3.63) is 89.4 Å². The van der Waals surface area contributed by atoms with E-state index < -0.39 is 33.9 Å². The fourth-order valence-electron chi connectivity index (χ4n) is 2.73. The van der Waals surface area contributed by atoms with Crippen molar-refractivity contribution in [2.24, 2.45) is 14.1 Å². The molecule has 2 heterocycles. The zero-order chi connectivity index (χ0) is 20.6. The maximum absolute atomic E-state index is 13.2. The summed E-state index contributed by atoms with van der Waals surface area (Å²) in [5, 5.41) is 4.34. The number of aromatic nitrogens is 4. The maximum atomic E-state index is 13.2. The Balaban J connectivity index is 0.000000161. The number of benzene rings is 2. The summed E-state index contributed by atoms with van der Waals surface area (Å²) in [5.41, 5.74) is -2.03. The van der Waals surface area contributed by atoms with Crippen LogP contribution in [0.4, 0.5) is 8.78 Å². The number of rotatable bonds is 0. The first-order chi connectivity index (χ1) is 13.2. The molecule has 0 aliphatic heterocycles. The van der Waals surface area contributed by atoms with Crippen LogP contribution in [0.5, 0.6) is 0 Å². The molecule has 0 aliphatic carbocycles. The van der Waals surface area contributed by atoms with Gasteiger partial charge >= 0.3 is 0 Å². The van der Waals surface area contributed by atoms with Gasteiger partial charge in [-0.15, -0.1) is 0 Å². The lowest BCUT2D eigenvalue weighted by Gasteiger charge is -2.00. The Labute approximate surface area is 154 Å². The van der Waals surface area contributed by atoms with Crippen LogP contribution in [0.3, 0.4) is 0 Å². The molecule has 10 heteroatoms. The highest BCUT2D eigenvalue weighted by atomic mass is 19.1. The van der Waals surface area contributed by atoms with Gasteiger partial charge in [0.05, 0.1) is 21.5 Å². The zero-order valence-corrected chi connectivity index (χ0v) is 14.7. The molecule has 4 rings (SSSR count). The Morgan fingerprint density at radius 3 is 1.82 bits per heavy atom. The second-order valence-electron chi connectivity index (χ2n) is 5.93. The Hall–Kier alpha value is -3.82. The lowest BCUT2D eigenvalue weighted by Crippen LogP contribution is -2.27. The summed E-state index contributed by atoms with van der Waals surface area (Å²) in [4.78, 5) is 45.6. The number of hydrogen-bond acceptors (Lipinski definition) is 4. The summed E-state index contributed by atoms with van der Waals surface area (Å²) in [5.74, 6) is -1.35. The van der Waals surface area contributed by atoms with E-state index >= 15 is 0 Å². The maximum Gasteiger partial charge on any atom is 0.275 e. The normalized spacial score (nSPS) is 10.7. The van der Waals surface area contributed by atoms with Gasteiger partial charge in [0.25, 0.3) is 22.2 Å². The second kappa shape index (κ2) is 7.06. The first-order valence-electron chi connectivity index (χ1n) is 7.97. The monoisotopic (exact) mass is 388 g/mol. The fraction of sp³-hybridized carbons (Fsp3) is 0.111. The fourth-order valence-corrected chi connectivity index (χ4v) is 2.73. The number of nitrogens with one attached hydrogen (secondary N) is 2. The molecule has 2 aromatic heterocycles. The van der Waals surface area contributed by atoms with Crippen LogP contribution in [0.2, 0.25) is 0 Å².